The van der Waals surface area contributed by atoms with Gasteiger partial charge in [-0.05, 0) is 24.3 Å². The van der Waals surface area contributed by atoms with E-state index in [9.17, 15) is 19.7 Å². The van der Waals surface area contributed by atoms with Crippen molar-refractivity contribution in [1.29, 1.82) is 0 Å². The number of fused-ring (bicyclic) bond motifs is 5. The van der Waals surface area contributed by atoms with Gasteiger partial charge in [-0.3, -0.25) is 10.1 Å². The highest BCUT2D eigenvalue weighted by Gasteiger charge is 2.75. The molecule has 8 nitrogen and oxygen atoms in total. The first kappa shape index (κ1) is 19.0. The number of nitro groups is 1. The summed E-state index contributed by atoms with van der Waals surface area (Å²) in [6, 6.07) is 20.7. The molecule has 3 aromatic carbocycles. The van der Waals surface area contributed by atoms with Crippen molar-refractivity contribution >= 4 is 28.9 Å². The third-order valence-corrected chi connectivity index (χ3v) is 6.04. The van der Waals surface area contributed by atoms with Crippen LogP contribution in [-0.4, -0.2) is 23.9 Å². The molecule has 2 aliphatic heterocycles. The first-order chi connectivity index (χ1) is 15.0. The molecular formula is C23H18N3O5+. The summed E-state index contributed by atoms with van der Waals surface area (Å²) in [4.78, 5) is 35.9. The smallest absolute Gasteiger partial charge is 0.357 e. The molecule has 0 saturated carbocycles. The lowest BCUT2D eigenvalue weighted by Gasteiger charge is -2.45. The number of esters is 1. The average molecular weight is 416 g/mol. The second-order valence-electron chi connectivity index (χ2n) is 7.58. The van der Waals surface area contributed by atoms with Crippen LogP contribution in [0.15, 0.2) is 72.8 Å². The van der Waals surface area contributed by atoms with E-state index in [0.29, 0.717) is 22.5 Å². The number of nitro benzene ring substituents is 1. The highest BCUT2D eigenvalue weighted by atomic mass is 16.6. The first-order valence-corrected chi connectivity index (χ1v) is 9.71. The fraction of sp³-hybridized carbons (Fsp3) is 0.130. The fourth-order valence-corrected chi connectivity index (χ4v) is 4.68. The molecule has 1 amide bonds. The highest BCUT2D eigenvalue weighted by Crippen LogP contribution is 2.64. The number of anilines is 1. The van der Waals surface area contributed by atoms with Crippen LogP contribution in [0.2, 0.25) is 0 Å². The Morgan fingerprint density at radius 2 is 1.77 bits per heavy atom. The van der Waals surface area contributed by atoms with Gasteiger partial charge < -0.3 is 4.74 Å². The molecule has 31 heavy (non-hydrogen) atoms. The van der Waals surface area contributed by atoms with Crippen LogP contribution in [0.25, 0.3) is 0 Å². The maximum absolute atomic E-state index is 13.4. The van der Waals surface area contributed by atoms with Crippen LogP contribution in [0.4, 0.5) is 17.1 Å². The van der Waals surface area contributed by atoms with Gasteiger partial charge in [-0.25, -0.2) is 15.0 Å². The second kappa shape index (κ2) is 6.75. The van der Waals surface area contributed by atoms with Crippen molar-refractivity contribution in [2.75, 3.05) is 12.5 Å². The van der Waals surface area contributed by atoms with E-state index in [2.05, 4.69) is 5.43 Å². The van der Waals surface area contributed by atoms with Crippen LogP contribution in [0.1, 0.15) is 33.4 Å². The van der Waals surface area contributed by atoms with E-state index in [1.54, 1.807) is 30.3 Å². The SMILES string of the molecule is COC(=O)c1ccc(N[N+]23C(=O)C(c4cc([N+](=O)[O-])ccc42)C3c2ccccc2)cc1. The van der Waals surface area contributed by atoms with Crippen LogP contribution in [0.3, 0.4) is 0 Å². The van der Waals surface area contributed by atoms with Crippen LogP contribution in [-0.2, 0) is 9.53 Å². The number of methoxy groups -OCH3 is 1. The van der Waals surface area contributed by atoms with Gasteiger partial charge in [0.05, 0.1) is 23.3 Å². The molecule has 154 valence electrons. The lowest BCUT2D eigenvalue weighted by molar-refractivity contribution is -0.384. The Balaban J connectivity index is 1.61. The minimum absolute atomic E-state index is 0.0345. The van der Waals surface area contributed by atoms with Crippen LogP contribution < -0.4 is 10.0 Å². The monoisotopic (exact) mass is 416 g/mol. The molecule has 0 spiro atoms. The molecule has 1 fully saturated rings. The van der Waals surface area contributed by atoms with Gasteiger partial charge in [-0.2, -0.15) is 0 Å². The Morgan fingerprint density at radius 3 is 2.42 bits per heavy atom. The molecule has 2 bridgehead atoms. The number of carbonyl (C=O) groups excluding carboxylic acids is 2. The van der Waals surface area contributed by atoms with Crippen molar-refractivity contribution in [2.45, 2.75) is 12.0 Å². The van der Waals surface area contributed by atoms with Crippen LogP contribution in [0.5, 0.6) is 0 Å². The number of ether oxygens (including phenoxy) is 1. The number of hydrogen-bond donors (Lipinski definition) is 1. The highest BCUT2D eigenvalue weighted by molar-refractivity contribution is 6.10. The summed E-state index contributed by atoms with van der Waals surface area (Å²) in [7, 11) is 1.32. The summed E-state index contributed by atoms with van der Waals surface area (Å²) >= 11 is 0. The Kier molecular flexibility index (Phi) is 4.13. The number of benzene rings is 3. The molecule has 0 aliphatic carbocycles. The molecule has 0 aromatic heterocycles. The molecule has 0 radical (unpaired) electrons. The first-order valence-electron chi connectivity index (χ1n) is 9.71. The maximum Gasteiger partial charge on any atom is 0.357 e. The van der Waals surface area contributed by atoms with Crippen molar-refractivity contribution in [1.82, 2.24) is 4.59 Å². The quantitative estimate of drug-likeness (QED) is 0.221. The van der Waals surface area contributed by atoms with Gasteiger partial charge in [0, 0.05) is 29.3 Å². The Morgan fingerprint density at radius 1 is 1.06 bits per heavy atom. The van der Waals surface area contributed by atoms with E-state index >= 15 is 0 Å². The maximum atomic E-state index is 13.4. The minimum atomic E-state index is -0.459. The largest absolute Gasteiger partial charge is 0.465 e. The van der Waals surface area contributed by atoms with Gasteiger partial charge in [-0.1, -0.05) is 30.3 Å². The molecule has 1 saturated heterocycles. The van der Waals surface area contributed by atoms with Crippen molar-refractivity contribution < 1.29 is 19.2 Å². The van der Waals surface area contributed by atoms with Crippen molar-refractivity contribution in [3.05, 3.63) is 99.6 Å². The third-order valence-electron chi connectivity index (χ3n) is 6.04. The number of nitrogens with one attached hydrogen (secondary N) is 1. The Hall–Kier alpha value is -4.04. The lowest BCUT2D eigenvalue weighted by atomic mass is 9.83. The molecule has 1 N–H and O–H groups in total. The molecular weight excluding hydrogens is 398 g/mol. The Labute approximate surface area is 177 Å². The minimum Gasteiger partial charge on any atom is -0.465 e. The van der Waals surface area contributed by atoms with E-state index in [0.717, 1.165) is 5.56 Å². The van der Waals surface area contributed by atoms with E-state index in [4.69, 9.17) is 4.74 Å². The second-order valence-corrected chi connectivity index (χ2v) is 7.58. The van der Waals surface area contributed by atoms with E-state index in [-0.39, 0.29) is 22.2 Å². The predicted octanol–water partition coefficient (Wildman–Crippen LogP) is 4.09. The molecule has 2 aliphatic rings. The molecule has 2 heterocycles. The summed E-state index contributed by atoms with van der Waals surface area (Å²) in [6.07, 6.45) is 0. The summed E-state index contributed by atoms with van der Waals surface area (Å²) in [5.74, 6) is -0.972. The third kappa shape index (κ3) is 2.58. The normalized spacial score (nSPS) is 22.9. The number of carbonyl (C=O) groups is 2. The zero-order valence-corrected chi connectivity index (χ0v) is 16.5. The van der Waals surface area contributed by atoms with E-state index in [1.807, 2.05) is 30.3 Å². The topological polar surface area (TPSA) is 98.5 Å². The molecule has 3 unspecified atom stereocenters. The number of β-lactam (4-membered cyclic amide) rings is 1. The van der Waals surface area contributed by atoms with E-state index < -0.39 is 16.8 Å². The van der Waals surface area contributed by atoms with Crippen molar-refractivity contribution in [2.24, 2.45) is 0 Å². The number of rotatable bonds is 5. The molecule has 5 rings (SSSR count). The van der Waals surface area contributed by atoms with Gasteiger partial charge in [0.25, 0.3) is 5.69 Å². The van der Waals surface area contributed by atoms with Crippen molar-refractivity contribution in [3.8, 4) is 0 Å². The van der Waals surface area contributed by atoms with Gasteiger partial charge in [0.15, 0.2) is 17.6 Å². The Bertz CT molecular complexity index is 1230. The van der Waals surface area contributed by atoms with Gasteiger partial charge in [0.1, 0.15) is 0 Å². The standard InChI is InChI=1S/C23H17N3O5/c1-31-23(28)15-7-9-16(10-8-15)24-26-19-12-11-17(25(29)30)13-18(19)20(22(26)27)21(26)14-5-3-2-4-6-14/h2-13,20-21H,1H3/p+1. The van der Waals surface area contributed by atoms with E-state index in [1.165, 1.54) is 19.2 Å². The fourth-order valence-electron chi connectivity index (χ4n) is 4.68. The lowest BCUT2D eigenvalue weighted by Crippen LogP contribution is -2.68. The number of nitrogens with zero attached hydrogens (tertiary/aromatic N) is 2. The molecule has 3 aromatic rings. The number of hydrogen-bond acceptors (Lipinski definition) is 6. The van der Waals surface area contributed by atoms with Crippen LogP contribution >= 0.6 is 0 Å². The van der Waals surface area contributed by atoms with Crippen molar-refractivity contribution in [3.63, 3.8) is 0 Å². The van der Waals surface area contributed by atoms with Gasteiger partial charge >= 0.3 is 11.9 Å². The number of amides is 1. The summed E-state index contributed by atoms with van der Waals surface area (Å²) < 4.78 is 4.58. The molecule has 3 atom stereocenters. The zero-order valence-electron chi connectivity index (χ0n) is 16.5. The van der Waals surface area contributed by atoms with Gasteiger partial charge in [0.2, 0.25) is 0 Å². The summed E-state index contributed by atoms with van der Waals surface area (Å²) in [5, 5.41) is 11.3. The average Bonchev–Trinajstić information content (AvgIpc) is 3.22. The predicted molar refractivity (Wildman–Crippen MR) is 113 cm³/mol. The summed E-state index contributed by atoms with van der Waals surface area (Å²) in [6.45, 7) is 0. The van der Waals surface area contributed by atoms with Gasteiger partial charge in [-0.15, -0.1) is 4.59 Å². The number of quaternary nitrogens is 1. The zero-order chi connectivity index (χ0) is 21.8. The van der Waals surface area contributed by atoms with Crippen LogP contribution in [0, 0.1) is 10.1 Å². The summed E-state index contributed by atoms with van der Waals surface area (Å²) in [5.41, 5.74) is 6.68. The molecule has 8 heteroatoms. The number of non-ortho nitro benzene ring substituents is 1.